The van der Waals surface area contributed by atoms with E-state index < -0.39 is 50.5 Å². The summed E-state index contributed by atoms with van der Waals surface area (Å²) in [6.07, 6.45) is 4.92. The topological polar surface area (TPSA) is 118 Å². The Bertz CT molecular complexity index is 1690. The number of anilines is 1. The molecule has 268 valence electrons. The van der Waals surface area contributed by atoms with Gasteiger partial charge in [-0.1, -0.05) is 30.7 Å². The molecule has 2 aromatic rings. The molecule has 0 saturated carbocycles. The number of amides is 1. The molecule has 3 heterocycles. The number of ether oxygens (including phenoxy) is 3. The van der Waals surface area contributed by atoms with E-state index in [1.165, 1.54) is 24.1 Å². The molecule has 10 nitrogen and oxygen atoms in total. The van der Waals surface area contributed by atoms with E-state index in [-0.39, 0.29) is 31.2 Å². The number of carbonyl (C=O) groups is 1. The molecule has 4 aliphatic rings. The van der Waals surface area contributed by atoms with Gasteiger partial charge < -0.3 is 24.2 Å². The molecule has 1 unspecified atom stereocenters. The highest BCUT2D eigenvalue weighted by atomic mass is 35.5. The van der Waals surface area contributed by atoms with E-state index in [0.29, 0.717) is 49.3 Å². The number of nitrogens with zero attached hydrogens (tertiary/aromatic N) is 2. The number of aliphatic hydroxyl groups is 1. The fourth-order valence-corrected chi connectivity index (χ4v) is 9.33. The first-order valence-electron chi connectivity index (χ1n) is 17.1. The van der Waals surface area contributed by atoms with Crippen molar-refractivity contribution in [2.75, 3.05) is 64.7 Å². The summed E-state index contributed by atoms with van der Waals surface area (Å²) in [5, 5.41) is 10.6. The number of fused-ring (bicyclic) bond motifs is 4. The first kappa shape index (κ1) is 36.1. The van der Waals surface area contributed by atoms with Crippen LogP contribution in [0, 0.1) is 5.92 Å². The van der Waals surface area contributed by atoms with E-state index in [2.05, 4.69) is 15.7 Å². The summed E-state index contributed by atoms with van der Waals surface area (Å²) in [7, 11) is -2.56. The average molecular weight is 720 g/mol. The van der Waals surface area contributed by atoms with Crippen LogP contribution in [-0.4, -0.2) is 101 Å². The van der Waals surface area contributed by atoms with Crippen molar-refractivity contribution in [1.82, 2.24) is 9.62 Å². The normalized spacial score (nSPS) is 31.3. The van der Waals surface area contributed by atoms with E-state index in [1.807, 2.05) is 17.0 Å². The number of aliphatic hydroxyl groups excluding tert-OH is 1. The number of benzene rings is 2. The molecule has 6 rings (SSSR count). The van der Waals surface area contributed by atoms with Crippen LogP contribution in [0.25, 0.3) is 0 Å². The van der Waals surface area contributed by atoms with E-state index >= 15 is 4.39 Å². The SMILES string of the molecule is COCCOCC1(CO)/C(F)=C/C[C@H](C)[C@@H](C)S(=O)(=O)NC(=O)c2ccc3c(c2)N(C[C@@H]2CCN21)C[C@@]1(CCCc2cc(Cl)ccc21)CO3. The molecular formula is C36H47ClFN3O7S. The number of rotatable bonds is 6. The van der Waals surface area contributed by atoms with Crippen molar-refractivity contribution < 1.29 is 36.9 Å². The van der Waals surface area contributed by atoms with E-state index in [0.717, 1.165) is 25.7 Å². The predicted molar refractivity (Wildman–Crippen MR) is 187 cm³/mol. The summed E-state index contributed by atoms with van der Waals surface area (Å²) in [4.78, 5) is 17.7. The van der Waals surface area contributed by atoms with Gasteiger partial charge in [-0.05, 0) is 86.4 Å². The van der Waals surface area contributed by atoms with Crippen LogP contribution in [0.4, 0.5) is 10.1 Å². The predicted octanol–water partition coefficient (Wildman–Crippen LogP) is 4.62. The largest absolute Gasteiger partial charge is 0.490 e. The molecule has 5 atom stereocenters. The van der Waals surface area contributed by atoms with Crippen molar-refractivity contribution in [3.05, 3.63) is 70.0 Å². The number of sulfonamides is 1. The zero-order valence-electron chi connectivity index (χ0n) is 28.4. The minimum atomic E-state index is -4.12. The van der Waals surface area contributed by atoms with Gasteiger partial charge in [0, 0.05) is 48.8 Å². The molecule has 3 aliphatic heterocycles. The van der Waals surface area contributed by atoms with Crippen LogP contribution in [-0.2, 0) is 31.3 Å². The van der Waals surface area contributed by atoms with Gasteiger partial charge in [0.25, 0.3) is 5.91 Å². The number of hydrogen-bond donors (Lipinski definition) is 2. The highest BCUT2D eigenvalue weighted by molar-refractivity contribution is 7.90. The van der Waals surface area contributed by atoms with Crippen molar-refractivity contribution in [3.8, 4) is 5.75 Å². The standard InChI is InChI=1S/C36H47ClFN3O7S/c1-24-6-11-33(38)36(21-42,23-47-16-15-46-3)41-14-12-29(41)19-40-20-35(13-4-5-26-17-28(37)8-9-30(26)35)22-48-32-10-7-27(18-31(32)40)34(43)39-49(44,45)25(24)2/h7-11,17-18,24-25,29,42H,4-6,12-16,19-23H2,1-3H3,(H,39,43)/b33-11-/t24-,25+,29-,35-,36?/m0/s1. The minimum absolute atomic E-state index is 0.0781. The number of methoxy groups -OCH3 is 1. The maximum atomic E-state index is 16.6. The van der Waals surface area contributed by atoms with Gasteiger partial charge in [-0.2, -0.15) is 0 Å². The first-order chi connectivity index (χ1) is 23.4. The monoisotopic (exact) mass is 719 g/mol. The van der Waals surface area contributed by atoms with Gasteiger partial charge in [-0.15, -0.1) is 0 Å². The molecule has 49 heavy (non-hydrogen) atoms. The molecule has 1 aliphatic carbocycles. The van der Waals surface area contributed by atoms with Crippen LogP contribution in [0.15, 0.2) is 48.3 Å². The average Bonchev–Trinajstić information content (AvgIpc) is 3.22. The molecule has 1 spiro atoms. The lowest BCUT2D eigenvalue weighted by Crippen LogP contribution is -2.68. The maximum absolute atomic E-state index is 16.6. The van der Waals surface area contributed by atoms with Crippen molar-refractivity contribution in [1.29, 1.82) is 0 Å². The Hall–Kier alpha value is -2.74. The molecule has 2 aromatic carbocycles. The Balaban J connectivity index is 1.46. The Morgan fingerprint density at radius 3 is 2.73 bits per heavy atom. The fourth-order valence-electron chi connectivity index (χ4n) is 7.85. The highest BCUT2D eigenvalue weighted by Gasteiger charge is 2.50. The van der Waals surface area contributed by atoms with Gasteiger partial charge in [-0.25, -0.2) is 17.5 Å². The molecular weight excluding hydrogens is 673 g/mol. The lowest BCUT2D eigenvalue weighted by molar-refractivity contribution is -0.0904. The van der Waals surface area contributed by atoms with Gasteiger partial charge in [0.1, 0.15) is 17.1 Å². The third-order valence-corrected chi connectivity index (χ3v) is 13.2. The second-order valence-electron chi connectivity index (χ2n) is 14.1. The minimum Gasteiger partial charge on any atom is -0.490 e. The molecule has 13 heteroatoms. The number of carbonyl (C=O) groups excluding carboxylic acids is 1. The molecule has 2 bridgehead atoms. The molecule has 1 amide bonds. The van der Waals surface area contributed by atoms with Crippen molar-refractivity contribution in [2.24, 2.45) is 5.92 Å². The van der Waals surface area contributed by atoms with Crippen LogP contribution in [0.1, 0.15) is 61.0 Å². The highest BCUT2D eigenvalue weighted by Crippen LogP contribution is 2.46. The Morgan fingerprint density at radius 1 is 1.18 bits per heavy atom. The summed E-state index contributed by atoms with van der Waals surface area (Å²) < 4.78 is 63.3. The van der Waals surface area contributed by atoms with E-state index in [9.17, 15) is 18.3 Å². The van der Waals surface area contributed by atoms with Crippen molar-refractivity contribution in [2.45, 2.75) is 68.2 Å². The van der Waals surface area contributed by atoms with Gasteiger partial charge in [-0.3, -0.25) is 9.69 Å². The number of nitrogens with one attached hydrogen (secondary N) is 1. The van der Waals surface area contributed by atoms with Crippen molar-refractivity contribution >= 4 is 33.2 Å². The van der Waals surface area contributed by atoms with Crippen LogP contribution >= 0.6 is 11.6 Å². The smallest absolute Gasteiger partial charge is 0.264 e. The third-order valence-electron chi connectivity index (χ3n) is 11.1. The van der Waals surface area contributed by atoms with Crippen LogP contribution in [0.3, 0.4) is 0 Å². The van der Waals surface area contributed by atoms with E-state index in [1.54, 1.807) is 32.2 Å². The summed E-state index contributed by atoms with van der Waals surface area (Å²) in [5.74, 6) is -1.26. The summed E-state index contributed by atoms with van der Waals surface area (Å²) in [5.41, 5.74) is 1.34. The second-order valence-corrected chi connectivity index (χ2v) is 16.6. The molecule has 0 radical (unpaired) electrons. The third kappa shape index (κ3) is 6.97. The lowest BCUT2D eigenvalue weighted by atomic mass is 9.70. The Labute approximate surface area is 293 Å². The molecule has 1 fully saturated rings. The summed E-state index contributed by atoms with van der Waals surface area (Å²) in [6, 6.07) is 10.9. The van der Waals surface area contributed by atoms with E-state index in [4.69, 9.17) is 25.8 Å². The Morgan fingerprint density at radius 2 is 2.00 bits per heavy atom. The van der Waals surface area contributed by atoms with Gasteiger partial charge in [0.15, 0.2) is 0 Å². The zero-order chi connectivity index (χ0) is 35.0. The number of aryl methyl sites for hydroxylation is 1. The molecule has 1 saturated heterocycles. The Kier molecular flexibility index (Phi) is 10.7. The number of halogens is 2. The maximum Gasteiger partial charge on any atom is 0.264 e. The van der Waals surface area contributed by atoms with Gasteiger partial charge >= 0.3 is 0 Å². The molecule has 0 aromatic heterocycles. The second kappa shape index (κ2) is 14.5. The van der Waals surface area contributed by atoms with Gasteiger partial charge in [0.2, 0.25) is 10.0 Å². The lowest BCUT2D eigenvalue weighted by Gasteiger charge is -2.54. The zero-order valence-corrected chi connectivity index (χ0v) is 30.0. The first-order valence-corrected chi connectivity index (χ1v) is 19.0. The summed E-state index contributed by atoms with van der Waals surface area (Å²) in [6.45, 7) is 5.05. The summed E-state index contributed by atoms with van der Waals surface area (Å²) >= 11 is 6.42. The number of hydrogen-bond acceptors (Lipinski definition) is 9. The molecule has 2 N–H and O–H groups in total. The van der Waals surface area contributed by atoms with Crippen LogP contribution in [0.5, 0.6) is 5.75 Å². The quantitative estimate of drug-likeness (QED) is 0.413. The van der Waals surface area contributed by atoms with Crippen LogP contribution in [0.2, 0.25) is 5.02 Å². The van der Waals surface area contributed by atoms with Crippen LogP contribution < -0.4 is 14.4 Å². The fraction of sp³-hybridized carbons (Fsp3) is 0.583. The van der Waals surface area contributed by atoms with Gasteiger partial charge in [0.05, 0.1) is 44.0 Å². The van der Waals surface area contributed by atoms with Crippen molar-refractivity contribution in [3.63, 3.8) is 0 Å². The number of allylic oxidation sites excluding steroid dienone is 1.